The largest absolute Gasteiger partial charge is 0.382 e. The van der Waals surface area contributed by atoms with Crippen LogP contribution in [0, 0.1) is 5.41 Å². The summed E-state index contributed by atoms with van der Waals surface area (Å²) >= 11 is 0. The molecule has 1 amide bonds. The van der Waals surface area contributed by atoms with E-state index < -0.39 is 0 Å². The third-order valence-corrected chi connectivity index (χ3v) is 3.94. The second kappa shape index (κ2) is 6.97. The van der Waals surface area contributed by atoms with Gasteiger partial charge < -0.3 is 15.8 Å². The van der Waals surface area contributed by atoms with E-state index in [0.29, 0.717) is 13.0 Å². The average molecular weight is 242 g/mol. The molecule has 0 radical (unpaired) electrons. The molecule has 0 aromatic carbocycles. The minimum absolute atomic E-state index is 0.119. The summed E-state index contributed by atoms with van der Waals surface area (Å²) in [6.45, 7) is 3.40. The highest BCUT2D eigenvalue weighted by molar-refractivity contribution is 5.75. The van der Waals surface area contributed by atoms with Crippen LogP contribution in [0.1, 0.15) is 45.4 Å². The van der Waals surface area contributed by atoms with E-state index in [0.717, 1.165) is 25.8 Å². The van der Waals surface area contributed by atoms with Gasteiger partial charge in [-0.2, -0.15) is 0 Å². The Morgan fingerprint density at radius 1 is 1.47 bits per heavy atom. The summed E-state index contributed by atoms with van der Waals surface area (Å²) in [6.07, 6.45) is 6.25. The molecule has 1 saturated carbocycles. The second-order valence-electron chi connectivity index (χ2n) is 5.27. The minimum Gasteiger partial charge on any atom is -0.382 e. The van der Waals surface area contributed by atoms with Gasteiger partial charge in [0.2, 0.25) is 5.91 Å². The van der Waals surface area contributed by atoms with E-state index in [-0.39, 0.29) is 17.4 Å². The fraction of sp³-hybridized carbons (Fsp3) is 0.923. The summed E-state index contributed by atoms with van der Waals surface area (Å²) in [7, 11) is 1.67. The maximum Gasteiger partial charge on any atom is 0.220 e. The maximum atomic E-state index is 11.7. The molecular formula is C13H26N2O2. The Labute approximate surface area is 104 Å². The Kier molecular flexibility index (Phi) is 5.92. The smallest absolute Gasteiger partial charge is 0.220 e. The molecule has 0 aromatic heterocycles. The van der Waals surface area contributed by atoms with Crippen LogP contribution in [0.25, 0.3) is 0 Å². The molecule has 3 N–H and O–H groups in total. The van der Waals surface area contributed by atoms with Gasteiger partial charge in [0.15, 0.2) is 0 Å². The summed E-state index contributed by atoms with van der Waals surface area (Å²) in [5.41, 5.74) is 6.00. The predicted octanol–water partition coefficient (Wildman–Crippen LogP) is 1.44. The molecule has 1 unspecified atom stereocenters. The third kappa shape index (κ3) is 4.64. The first-order chi connectivity index (χ1) is 8.12. The van der Waals surface area contributed by atoms with Crippen molar-refractivity contribution in [3.8, 4) is 0 Å². The average Bonchev–Trinajstić information content (AvgIpc) is 2.82. The van der Waals surface area contributed by atoms with Crippen molar-refractivity contribution in [2.45, 2.75) is 51.6 Å². The van der Waals surface area contributed by atoms with Gasteiger partial charge >= 0.3 is 0 Å². The summed E-state index contributed by atoms with van der Waals surface area (Å²) in [5.74, 6) is 0.119. The lowest BCUT2D eigenvalue weighted by atomic mass is 9.86. The summed E-state index contributed by atoms with van der Waals surface area (Å²) in [6, 6.07) is 0. The molecule has 4 nitrogen and oxygen atoms in total. The standard InChI is InChI=1S/C13H26N2O2/c1-11(17-2)5-6-12(16)15-10-13(9-14)7-3-4-8-13/h11H,3-10,14H2,1-2H3,(H,15,16). The molecule has 0 saturated heterocycles. The van der Waals surface area contributed by atoms with Gasteiger partial charge in [-0.15, -0.1) is 0 Å². The summed E-state index contributed by atoms with van der Waals surface area (Å²) in [5, 5.41) is 3.02. The first-order valence-corrected chi connectivity index (χ1v) is 6.61. The number of nitrogens with two attached hydrogens (primary N) is 1. The minimum atomic E-state index is 0.119. The molecule has 17 heavy (non-hydrogen) atoms. The van der Waals surface area contributed by atoms with E-state index in [2.05, 4.69) is 5.32 Å². The van der Waals surface area contributed by atoms with Gasteiger partial charge in [-0.25, -0.2) is 0 Å². The molecule has 1 aliphatic rings. The molecular weight excluding hydrogens is 216 g/mol. The summed E-state index contributed by atoms with van der Waals surface area (Å²) in [4.78, 5) is 11.7. The Hall–Kier alpha value is -0.610. The molecule has 4 heteroatoms. The Balaban J connectivity index is 2.22. The van der Waals surface area contributed by atoms with E-state index in [9.17, 15) is 4.79 Å². The number of carbonyl (C=O) groups is 1. The van der Waals surface area contributed by atoms with Gasteiger partial charge in [0.25, 0.3) is 0 Å². The molecule has 100 valence electrons. The SMILES string of the molecule is COC(C)CCC(=O)NCC1(CN)CCCC1. The quantitative estimate of drug-likeness (QED) is 0.710. The van der Waals surface area contributed by atoms with E-state index >= 15 is 0 Å². The highest BCUT2D eigenvalue weighted by Crippen LogP contribution is 2.36. The van der Waals surface area contributed by atoms with E-state index in [1.165, 1.54) is 12.8 Å². The van der Waals surface area contributed by atoms with Crippen LogP contribution in [-0.2, 0) is 9.53 Å². The molecule has 1 aliphatic carbocycles. The lowest BCUT2D eigenvalue weighted by molar-refractivity contribution is -0.122. The molecule has 0 bridgehead atoms. The summed E-state index contributed by atoms with van der Waals surface area (Å²) < 4.78 is 5.12. The van der Waals surface area contributed by atoms with Crippen molar-refractivity contribution in [2.24, 2.45) is 11.1 Å². The highest BCUT2D eigenvalue weighted by atomic mass is 16.5. The topological polar surface area (TPSA) is 64.3 Å². The number of hydrogen-bond acceptors (Lipinski definition) is 3. The Bertz CT molecular complexity index is 238. The van der Waals surface area contributed by atoms with Crippen molar-refractivity contribution >= 4 is 5.91 Å². The number of methoxy groups -OCH3 is 1. The normalized spacial score (nSPS) is 20.2. The number of nitrogens with one attached hydrogen (secondary N) is 1. The van der Waals surface area contributed by atoms with Gasteiger partial charge in [-0.3, -0.25) is 4.79 Å². The van der Waals surface area contributed by atoms with Gasteiger partial charge in [-0.05, 0) is 38.1 Å². The molecule has 1 atom stereocenters. The number of amides is 1. The molecule has 1 rings (SSSR count). The lowest BCUT2D eigenvalue weighted by Crippen LogP contribution is -2.40. The zero-order valence-electron chi connectivity index (χ0n) is 11.1. The molecule has 0 spiro atoms. The van der Waals surface area contributed by atoms with Crippen LogP contribution in [0.3, 0.4) is 0 Å². The van der Waals surface area contributed by atoms with Crippen LogP contribution in [0.4, 0.5) is 0 Å². The van der Waals surface area contributed by atoms with Crippen LogP contribution in [0.15, 0.2) is 0 Å². The van der Waals surface area contributed by atoms with E-state index in [1.54, 1.807) is 7.11 Å². The molecule has 0 aromatic rings. The van der Waals surface area contributed by atoms with Crippen molar-refractivity contribution in [3.63, 3.8) is 0 Å². The number of rotatable bonds is 7. The first kappa shape index (κ1) is 14.5. The van der Waals surface area contributed by atoms with Crippen LogP contribution >= 0.6 is 0 Å². The van der Waals surface area contributed by atoms with Crippen LogP contribution < -0.4 is 11.1 Å². The third-order valence-electron chi connectivity index (χ3n) is 3.94. The van der Waals surface area contributed by atoms with Gasteiger partial charge in [0, 0.05) is 20.1 Å². The highest BCUT2D eigenvalue weighted by Gasteiger charge is 2.32. The fourth-order valence-electron chi connectivity index (χ4n) is 2.40. The fourth-order valence-corrected chi connectivity index (χ4v) is 2.40. The van der Waals surface area contributed by atoms with Crippen molar-refractivity contribution in [2.75, 3.05) is 20.2 Å². The van der Waals surface area contributed by atoms with Crippen LogP contribution in [0.2, 0.25) is 0 Å². The Morgan fingerprint density at radius 3 is 2.65 bits per heavy atom. The predicted molar refractivity (Wildman–Crippen MR) is 68.7 cm³/mol. The number of carbonyl (C=O) groups excluding carboxylic acids is 1. The lowest BCUT2D eigenvalue weighted by Gasteiger charge is -2.27. The van der Waals surface area contributed by atoms with Crippen molar-refractivity contribution in [3.05, 3.63) is 0 Å². The second-order valence-corrected chi connectivity index (χ2v) is 5.27. The van der Waals surface area contributed by atoms with Crippen LogP contribution in [0.5, 0.6) is 0 Å². The van der Waals surface area contributed by atoms with Gasteiger partial charge in [-0.1, -0.05) is 12.8 Å². The van der Waals surface area contributed by atoms with Gasteiger partial charge in [0.05, 0.1) is 6.10 Å². The molecule has 0 heterocycles. The first-order valence-electron chi connectivity index (χ1n) is 6.61. The van der Waals surface area contributed by atoms with Crippen molar-refractivity contribution in [1.29, 1.82) is 0 Å². The zero-order chi connectivity index (χ0) is 12.7. The van der Waals surface area contributed by atoms with Crippen molar-refractivity contribution < 1.29 is 9.53 Å². The monoisotopic (exact) mass is 242 g/mol. The maximum absolute atomic E-state index is 11.7. The van der Waals surface area contributed by atoms with Gasteiger partial charge in [0.1, 0.15) is 0 Å². The molecule has 1 fully saturated rings. The van der Waals surface area contributed by atoms with Crippen molar-refractivity contribution in [1.82, 2.24) is 5.32 Å². The van der Waals surface area contributed by atoms with E-state index in [1.807, 2.05) is 6.92 Å². The van der Waals surface area contributed by atoms with E-state index in [4.69, 9.17) is 10.5 Å². The number of hydrogen-bond donors (Lipinski definition) is 2. The molecule has 0 aliphatic heterocycles. The number of ether oxygens (including phenoxy) is 1. The van der Waals surface area contributed by atoms with Crippen LogP contribution in [-0.4, -0.2) is 32.2 Å². The zero-order valence-corrected chi connectivity index (χ0v) is 11.1. The Morgan fingerprint density at radius 2 is 2.12 bits per heavy atom.